The van der Waals surface area contributed by atoms with Crippen molar-refractivity contribution in [1.82, 2.24) is 29.9 Å². The fourth-order valence-corrected chi connectivity index (χ4v) is 2.61. The van der Waals surface area contributed by atoms with Crippen LogP contribution in [-0.4, -0.2) is 56.1 Å². The first-order chi connectivity index (χ1) is 11.5. The molecule has 1 saturated heterocycles. The monoisotopic (exact) mass is 329 g/mol. The Balaban J connectivity index is 1.58. The standard InChI is InChI=1S/C16H23N7O/c1-16(2,3)15-19-14(20-21-15)13-11-22(6-7-24-13)4-5-23-10-12(8-17)9-18-23/h9-10,13H,4-7,11H2,1-3H3,(H,19,20,21)/t13-/m1/s1. The minimum absolute atomic E-state index is 0.0817. The molecule has 0 bridgehead atoms. The zero-order valence-corrected chi connectivity index (χ0v) is 14.4. The number of aromatic nitrogens is 5. The molecule has 0 unspecified atom stereocenters. The van der Waals surface area contributed by atoms with Gasteiger partial charge in [0, 0.05) is 31.2 Å². The van der Waals surface area contributed by atoms with Gasteiger partial charge in [0.25, 0.3) is 0 Å². The first kappa shape index (κ1) is 16.6. The highest BCUT2D eigenvalue weighted by atomic mass is 16.5. The number of aromatic amines is 1. The van der Waals surface area contributed by atoms with E-state index < -0.39 is 0 Å². The van der Waals surface area contributed by atoms with Crippen LogP contribution in [0.1, 0.15) is 44.1 Å². The van der Waals surface area contributed by atoms with E-state index in [9.17, 15) is 0 Å². The fraction of sp³-hybridized carbons (Fsp3) is 0.625. The van der Waals surface area contributed by atoms with Crippen molar-refractivity contribution in [3.8, 4) is 6.07 Å². The molecule has 24 heavy (non-hydrogen) atoms. The van der Waals surface area contributed by atoms with Crippen LogP contribution in [0.2, 0.25) is 0 Å². The van der Waals surface area contributed by atoms with Crippen LogP contribution in [0.15, 0.2) is 12.4 Å². The van der Waals surface area contributed by atoms with Crippen LogP contribution in [0.25, 0.3) is 0 Å². The molecule has 1 aliphatic rings. The molecule has 1 N–H and O–H groups in total. The van der Waals surface area contributed by atoms with E-state index in [-0.39, 0.29) is 11.5 Å². The van der Waals surface area contributed by atoms with Crippen molar-refractivity contribution in [2.75, 3.05) is 26.2 Å². The average molecular weight is 329 g/mol. The SMILES string of the molecule is CC(C)(C)c1n[nH]c([C@H]2CN(CCn3cc(C#N)cn3)CCO2)n1. The third-order valence-corrected chi connectivity index (χ3v) is 4.04. The molecule has 0 spiro atoms. The molecule has 0 radical (unpaired) electrons. The lowest BCUT2D eigenvalue weighted by molar-refractivity contribution is -0.0352. The maximum atomic E-state index is 8.84. The van der Waals surface area contributed by atoms with Crippen molar-refractivity contribution < 1.29 is 4.74 Å². The highest BCUT2D eigenvalue weighted by Gasteiger charge is 2.27. The molecular formula is C16H23N7O. The maximum Gasteiger partial charge on any atom is 0.156 e. The van der Waals surface area contributed by atoms with E-state index in [2.05, 4.69) is 52.0 Å². The molecule has 1 aliphatic heterocycles. The van der Waals surface area contributed by atoms with E-state index in [0.717, 1.165) is 37.8 Å². The zero-order chi connectivity index (χ0) is 17.2. The molecule has 0 amide bonds. The van der Waals surface area contributed by atoms with Gasteiger partial charge < -0.3 is 4.74 Å². The van der Waals surface area contributed by atoms with Gasteiger partial charge in [0.2, 0.25) is 0 Å². The van der Waals surface area contributed by atoms with Crippen LogP contribution in [-0.2, 0) is 16.7 Å². The summed E-state index contributed by atoms with van der Waals surface area (Å²) < 4.78 is 7.65. The third kappa shape index (κ3) is 3.80. The highest BCUT2D eigenvalue weighted by molar-refractivity contribution is 5.21. The Morgan fingerprint density at radius 3 is 2.92 bits per heavy atom. The number of H-pyrrole nitrogens is 1. The highest BCUT2D eigenvalue weighted by Crippen LogP contribution is 2.23. The van der Waals surface area contributed by atoms with E-state index in [1.54, 1.807) is 17.1 Å². The smallest absolute Gasteiger partial charge is 0.156 e. The number of hydrogen-bond donors (Lipinski definition) is 1. The second-order valence-electron chi connectivity index (χ2n) is 7.06. The molecule has 1 fully saturated rings. The Morgan fingerprint density at radius 1 is 1.42 bits per heavy atom. The Labute approximate surface area is 141 Å². The van der Waals surface area contributed by atoms with Gasteiger partial charge in [0.15, 0.2) is 11.6 Å². The first-order valence-electron chi connectivity index (χ1n) is 8.15. The fourth-order valence-electron chi connectivity index (χ4n) is 2.61. The summed E-state index contributed by atoms with van der Waals surface area (Å²) in [7, 11) is 0. The minimum atomic E-state index is -0.0883. The minimum Gasteiger partial charge on any atom is -0.368 e. The van der Waals surface area contributed by atoms with Crippen LogP contribution in [0.3, 0.4) is 0 Å². The molecular weight excluding hydrogens is 306 g/mol. The van der Waals surface area contributed by atoms with Gasteiger partial charge in [-0.05, 0) is 0 Å². The lowest BCUT2D eigenvalue weighted by atomic mass is 9.96. The van der Waals surface area contributed by atoms with Crippen LogP contribution in [0.4, 0.5) is 0 Å². The normalized spacial score (nSPS) is 19.3. The van der Waals surface area contributed by atoms with Crippen molar-refractivity contribution >= 4 is 0 Å². The second-order valence-corrected chi connectivity index (χ2v) is 7.06. The topological polar surface area (TPSA) is 95.7 Å². The molecule has 2 aromatic heterocycles. The van der Waals surface area contributed by atoms with E-state index in [1.807, 2.05) is 0 Å². The summed E-state index contributed by atoms with van der Waals surface area (Å²) in [5, 5.41) is 20.4. The van der Waals surface area contributed by atoms with Crippen molar-refractivity contribution in [2.24, 2.45) is 0 Å². The van der Waals surface area contributed by atoms with Gasteiger partial charge in [0.05, 0.1) is 24.9 Å². The molecule has 3 heterocycles. The van der Waals surface area contributed by atoms with Gasteiger partial charge >= 0.3 is 0 Å². The third-order valence-electron chi connectivity index (χ3n) is 4.04. The molecule has 2 aromatic rings. The average Bonchev–Trinajstić information content (AvgIpc) is 3.22. The molecule has 8 nitrogen and oxygen atoms in total. The molecule has 1 atom stereocenters. The maximum absolute atomic E-state index is 8.84. The Kier molecular flexibility index (Phi) is 4.64. The molecule has 0 aliphatic carbocycles. The van der Waals surface area contributed by atoms with E-state index in [4.69, 9.17) is 10.00 Å². The molecule has 0 aromatic carbocycles. The number of rotatable bonds is 4. The van der Waals surface area contributed by atoms with Crippen LogP contribution in [0.5, 0.6) is 0 Å². The number of nitriles is 1. The quantitative estimate of drug-likeness (QED) is 0.907. The van der Waals surface area contributed by atoms with Gasteiger partial charge in [-0.25, -0.2) is 4.98 Å². The lowest BCUT2D eigenvalue weighted by Crippen LogP contribution is -2.40. The predicted octanol–water partition coefficient (Wildman–Crippen LogP) is 1.24. The van der Waals surface area contributed by atoms with E-state index in [0.29, 0.717) is 12.2 Å². The molecule has 0 saturated carbocycles. The summed E-state index contributed by atoms with van der Waals surface area (Å²) in [4.78, 5) is 6.92. The van der Waals surface area contributed by atoms with E-state index >= 15 is 0 Å². The van der Waals surface area contributed by atoms with Crippen molar-refractivity contribution in [3.63, 3.8) is 0 Å². The van der Waals surface area contributed by atoms with Crippen molar-refractivity contribution in [3.05, 3.63) is 29.6 Å². The Hall–Kier alpha value is -2.24. The number of ether oxygens (including phenoxy) is 1. The number of hydrogen-bond acceptors (Lipinski definition) is 6. The molecule has 3 rings (SSSR count). The number of nitrogens with zero attached hydrogens (tertiary/aromatic N) is 6. The number of morpholine rings is 1. The second kappa shape index (κ2) is 6.71. The predicted molar refractivity (Wildman–Crippen MR) is 87.2 cm³/mol. The summed E-state index contributed by atoms with van der Waals surface area (Å²) in [6, 6.07) is 2.09. The first-order valence-corrected chi connectivity index (χ1v) is 8.15. The summed E-state index contributed by atoms with van der Waals surface area (Å²) in [5.41, 5.74) is 0.507. The van der Waals surface area contributed by atoms with Crippen LogP contribution < -0.4 is 0 Å². The summed E-state index contributed by atoms with van der Waals surface area (Å²) >= 11 is 0. The van der Waals surface area contributed by atoms with Gasteiger partial charge in [-0.1, -0.05) is 20.8 Å². The zero-order valence-electron chi connectivity index (χ0n) is 14.4. The van der Waals surface area contributed by atoms with Gasteiger partial charge in [-0.15, -0.1) is 0 Å². The van der Waals surface area contributed by atoms with E-state index in [1.165, 1.54) is 0 Å². The van der Waals surface area contributed by atoms with Crippen molar-refractivity contribution in [1.29, 1.82) is 5.26 Å². The molecule has 128 valence electrons. The summed E-state index contributed by atoms with van der Waals surface area (Å²) in [6.07, 6.45) is 3.27. The van der Waals surface area contributed by atoms with Crippen LogP contribution >= 0.6 is 0 Å². The Morgan fingerprint density at radius 2 is 2.25 bits per heavy atom. The van der Waals surface area contributed by atoms with Crippen LogP contribution in [0, 0.1) is 11.3 Å². The van der Waals surface area contributed by atoms with Crippen molar-refractivity contribution in [2.45, 2.75) is 38.8 Å². The Bertz CT molecular complexity index is 721. The largest absolute Gasteiger partial charge is 0.368 e. The summed E-state index contributed by atoms with van der Waals surface area (Å²) in [5.74, 6) is 1.59. The van der Waals surface area contributed by atoms with Gasteiger partial charge in [-0.2, -0.15) is 15.5 Å². The van der Waals surface area contributed by atoms with Gasteiger partial charge in [0.1, 0.15) is 12.2 Å². The number of nitrogens with one attached hydrogen (secondary N) is 1. The lowest BCUT2D eigenvalue weighted by Gasteiger charge is -2.31. The molecule has 8 heteroatoms. The summed E-state index contributed by atoms with van der Waals surface area (Å²) in [6.45, 7) is 10.2. The van der Waals surface area contributed by atoms with Gasteiger partial charge in [-0.3, -0.25) is 14.7 Å².